The zero-order valence-corrected chi connectivity index (χ0v) is 11.9. The Morgan fingerprint density at radius 3 is 2.89 bits per heavy atom. The van der Waals surface area contributed by atoms with Crippen molar-refractivity contribution in [2.24, 2.45) is 5.92 Å². The molecular weight excluding hydrogens is 282 g/mol. The SMILES string of the molecule is O=C(O)C1CCCCC1c1nc2cccc(Cl)c2s1. The van der Waals surface area contributed by atoms with Crippen LogP contribution in [0, 0.1) is 5.92 Å². The molecule has 100 valence electrons. The summed E-state index contributed by atoms with van der Waals surface area (Å²) in [4.78, 5) is 16.0. The molecule has 2 atom stereocenters. The highest BCUT2D eigenvalue weighted by molar-refractivity contribution is 7.19. The second kappa shape index (κ2) is 5.10. The maximum Gasteiger partial charge on any atom is 0.307 e. The van der Waals surface area contributed by atoms with E-state index >= 15 is 0 Å². The van der Waals surface area contributed by atoms with Gasteiger partial charge in [0.15, 0.2) is 0 Å². The van der Waals surface area contributed by atoms with E-state index in [0.29, 0.717) is 5.02 Å². The van der Waals surface area contributed by atoms with Crippen LogP contribution in [0.2, 0.25) is 5.02 Å². The van der Waals surface area contributed by atoms with Gasteiger partial charge in [-0.2, -0.15) is 0 Å². The highest BCUT2D eigenvalue weighted by Crippen LogP contribution is 2.42. The van der Waals surface area contributed by atoms with Crippen molar-refractivity contribution in [2.75, 3.05) is 0 Å². The lowest BCUT2D eigenvalue weighted by molar-refractivity contribution is -0.143. The number of aromatic nitrogens is 1. The number of hydrogen-bond donors (Lipinski definition) is 1. The third-order valence-electron chi connectivity index (χ3n) is 3.78. The summed E-state index contributed by atoms with van der Waals surface area (Å²) in [5, 5.41) is 11.0. The molecule has 1 aliphatic rings. The fourth-order valence-electron chi connectivity index (χ4n) is 2.81. The van der Waals surface area contributed by atoms with Crippen LogP contribution in [0.1, 0.15) is 36.6 Å². The Morgan fingerprint density at radius 2 is 2.16 bits per heavy atom. The lowest BCUT2D eigenvalue weighted by Gasteiger charge is -2.26. The molecule has 1 heterocycles. The Hall–Kier alpha value is -1.13. The van der Waals surface area contributed by atoms with Gasteiger partial charge in [-0.1, -0.05) is 30.5 Å². The van der Waals surface area contributed by atoms with Crippen molar-refractivity contribution < 1.29 is 9.90 Å². The molecule has 19 heavy (non-hydrogen) atoms. The molecule has 0 aliphatic heterocycles. The van der Waals surface area contributed by atoms with Crippen molar-refractivity contribution in [2.45, 2.75) is 31.6 Å². The Morgan fingerprint density at radius 1 is 1.37 bits per heavy atom. The number of aliphatic carboxylic acids is 1. The fraction of sp³-hybridized carbons (Fsp3) is 0.429. The standard InChI is InChI=1S/C14H14ClNO2S/c15-10-6-3-7-11-12(10)19-13(16-11)8-4-1-2-5-9(8)14(17)18/h3,6-9H,1-2,4-5H2,(H,17,18). The van der Waals surface area contributed by atoms with Gasteiger partial charge in [0.25, 0.3) is 0 Å². The molecule has 1 N–H and O–H groups in total. The molecular formula is C14H14ClNO2S. The van der Waals surface area contributed by atoms with Crippen molar-refractivity contribution in [3.63, 3.8) is 0 Å². The Kier molecular flexibility index (Phi) is 3.46. The number of benzene rings is 1. The van der Waals surface area contributed by atoms with Gasteiger partial charge in [0.2, 0.25) is 0 Å². The van der Waals surface area contributed by atoms with Gasteiger partial charge in [-0.05, 0) is 25.0 Å². The van der Waals surface area contributed by atoms with E-state index in [4.69, 9.17) is 11.6 Å². The predicted molar refractivity (Wildman–Crippen MR) is 77.0 cm³/mol. The van der Waals surface area contributed by atoms with E-state index < -0.39 is 5.97 Å². The van der Waals surface area contributed by atoms with Crippen LogP contribution in [-0.4, -0.2) is 16.1 Å². The third-order valence-corrected chi connectivity index (χ3v) is 5.45. The number of carboxylic acid groups (broad SMARTS) is 1. The minimum atomic E-state index is -0.699. The zero-order chi connectivity index (χ0) is 13.4. The van der Waals surface area contributed by atoms with Crippen LogP contribution in [0.5, 0.6) is 0 Å². The lowest BCUT2D eigenvalue weighted by Crippen LogP contribution is -2.25. The van der Waals surface area contributed by atoms with Crippen molar-refractivity contribution in [3.8, 4) is 0 Å². The van der Waals surface area contributed by atoms with Crippen LogP contribution in [-0.2, 0) is 4.79 Å². The number of carbonyl (C=O) groups is 1. The summed E-state index contributed by atoms with van der Waals surface area (Å²) in [6, 6.07) is 5.66. The number of rotatable bonds is 2. The van der Waals surface area contributed by atoms with Gasteiger partial charge < -0.3 is 5.11 Å². The molecule has 2 unspecified atom stereocenters. The smallest absolute Gasteiger partial charge is 0.307 e. The molecule has 5 heteroatoms. The van der Waals surface area contributed by atoms with E-state index in [9.17, 15) is 9.90 Å². The molecule has 0 saturated heterocycles. The Labute approximate surface area is 120 Å². The predicted octanol–water partition coefficient (Wildman–Crippen LogP) is 4.31. The molecule has 1 saturated carbocycles. The van der Waals surface area contributed by atoms with Crippen molar-refractivity contribution >= 4 is 39.1 Å². The molecule has 3 nitrogen and oxygen atoms in total. The van der Waals surface area contributed by atoms with E-state index in [0.717, 1.165) is 40.9 Å². The molecule has 1 aromatic heterocycles. The van der Waals surface area contributed by atoms with Crippen molar-refractivity contribution in [1.29, 1.82) is 0 Å². The first-order valence-electron chi connectivity index (χ1n) is 6.44. The summed E-state index contributed by atoms with van der Waals surface area (Å²) in [5.74, 6) is -0.956. The molecule has 1 aliphatic carbocycles. The van der Waals surface area contributed by atoms with Gasteiger partial charge in [0.05, 0.1) is 26.2 Å². The first-order chi connectivity index (χ1) is 9.16. The molecule has 0 radical (unpaired) electrons. The highest BCUT2D eigenvalue weighted by atomic mass is 35.5. The molecule has 1 aromatic carbocycles. The molecule has 0 bridgehead atoms. The van der Waals surface area contributed by atoms with Gasteiger partial charge in [0, 0.05) is 5.92 Å². The summed E-state index contributed by atoms with van der Waals surface area (Å²) in [6.07, 6.45) is 3.75. The van der Waals surface area contributed by atoms with Crippen LogP contribution in [0.15, 0.2) is 18.2 Å². The van der Waals surface area contributed by atoms with Gasteiger partial charge in [-0.3, -0.25) is 4.79 Å². The summed E-state index contributed by atoms with van der Waals surface area (Å²) in [5.41, 5.74) is 0.877. The Bertz CT molecular complexity index is 625. The van der Waals surface area contributed by atoms with Gasteiger partial charge in [-0.25, -0.2) is 4.98 Å². The molecule has 0 amide bonds. The largest absolute Gasteiger partial charge is 0.481 e. The maximum atomic E-state index is 11.4. The van der Waals surface area contributed by atoms with Crippen LogP contribution in [0.4, 0.5) is 0 Å². The first-order valence-corrected chi connectivity index (χ1v) is 7.64. The third kappa shape index (κ3) is 2.35. The second-order valence-corrected chi connectivity index (χ2v) is 6.41. The zero-order valence-electron chi connectivity index (χ0n) is 10.3. The van der Waals surface area contributed by atoms with Crippen LogP contribution in [0.3, 0.4) is 0 Å². The van der Waals surface area contributed by atoms with Gasteiger partial charge >= 0.3 is 5.97 Å². The minimum absolute atomic E-state index is 0.0414. The number of carboxylic acids is 1. The quantitative estimate of drug-likeness (QED) is 0.898. The second-order valence-electron chi connectivity index (χ2n) is 4.98. The van der Waals surface area contributed by atoms with E-state index in [-0.39, 0.29) is 11.8 Å². The summed E-state index contributed by atoms with van der Waals surface area (Å²) in [6.45, 7) is 0. The number of fused-ring (bicyclic) bond motifs is 1. The number of halogens is 1. The summed E-state index contributed by atoms with van der Waals surface area (Å²) in [7, 11) is 0. The van der Waals surface area contributed by atoms with Gasteiger partial charge in [-0.15, -0.1) is 11.3 Å². The average molecular weight is 296 g/mol. The average Bonchev–Trinajstić information content (AvgIpc) is 2.84. The van der Waals surface area contributed by atoms with Crippen LogP contribution in [0.25, 0.3) is 10.2 Å². The molecule has 3 rings (SSSR count). The Balaban J connectivity index is 2.02. The maximum absolute atomic E-state index is 11.4. The molecule has 0 spiro atoms. The summed E-state index contributed by atoms with van der Waals surface area (Å²) >= 11 is 7.71. The monoisotopic (exact) mass is 295 g/mol. The fourth-order valence-corrected chi connectivity index (χ4v) is 4.27. The number of nitrogens with zero attached hydrogens (tertiary/aromatic N) is 1. The van der Waals surface area contributed by atoms with Crippen LogP contribution >= 0.6 is 22.9 Å². The molecule has 2 aromatic rings. The minimum Gasteiger partial charge on any atom is -0.481 e. The van der Waals surface area contributed by atoms with Crippen molar-refractivity contribution in [3.05, 3.63) is 28.2 Å². The van der Waals surface area contributed by atoms with Crippen molar-refractivity contribution in [1.82, 2.24) is 4.98 Å². The topological polar surface area (TPSA) is 50.2 Å². The van der Waals surface area contributed by atoms with Crippen LogP contribution < -0.4 is 0 Å². The summed E-state index contributed by atoms with van der Waals surface area (Å²) < 4.78 is 0.967. The molecule has 1 fully saturated rings. The lowest BCUT2D eigenvalue weighted by atomic mass is 9.79. The number of hydrogen-bond acceptors (Lipinski definition) is 3. The van der Waals surface area contributed by atoms with E-state index in [1.54, 1.807) is 11.3 Å². The van der Waals surface area contributed by atoms with E-state index in [1.807, 2.05) is 18.2 Å². The van der Waals surface area contributed by atoms with E-state index in [2.05, 4.69) is 4.98 Å². The number of thiazole rings is 1. The first kappa shape index (κ1) is 12.9. The normalized spacial score (nSPS) is 23.6. The highest BCUT2D eigenvalue weighted by Gasteiger charge is 2.34. The van der Waals surface area contributed by atoms with E-state index in [1.165, 1.54) is 0 Å². The van der Waals surface area contributed by atoms with Gasteiger partial charge in [0.1, 0.15) is 0 Å².